The summed E-state index contributed by atoms with van der Waals surface area (Å²) in [5.41, 5.74) is 1.92. The number of aryl methyl sites for hydroxylation is 1. The van der Waals surface area contributed by atoms with E-state index in [4.69, 9.17) is 0 Å². The predicted molar refractivity (Wildman–Crippen MR) is 84.7 cm³/mol. The second kappa shape index (κ2) is 6.05. The lowest BCUT2D eigenvalue weighted by Gasteiger charge is -2.18. The second-order valence-corrected chi connectivity index (χ2v) is 5.48. The van der Waals surface area contributed by atoms with Crippen LogP contribution in [-0.2, 0) is 0 Å². The van der Waals surface area contributed by atoms with Crippen molar-refractivity contribution in [1.29, 1.82) is 0 Å². The number of nitrogens with zero attached hydrogens (tertiary/aromatic N) is 2. The van der Waals surface area contributed by atoms with Gasteiger partial charge in [-0.1, -0.05) is 12.1 Å². The summed E-state index contributed by atoms with van der Waals surface area (Å²) in [6.45, 7) is 1.94. The van der Waals surface area contributed by atoms with Crippen LogP contribution >= 0.6 is 15.9 Å². The van der Waals surface area contributed by atoms with Crippen LogP contribution in [0.4, 0.5) is 11.4 Å². The molecule has 0 aliphatic heterocycles. The van der Waals surface area contributed by atoms with Crippen molar-refractivity contribution < 1.29 is 9.72 Å². The summed E-state index contributed by atoms with van der Waals surface area (Å²) < 4.78 is 0.349. The molecule has 21 heavy (non-hydrogen) atoms. The molecule has 2 aromatic rings. The van der Waals surface area contributed by atoms with Crippen molar-refractivity contribution in [1.82, 2.24) is 0 Å². The van der Waals surface area contributed by atoms with Crippen molar-refractivity contribution in [3.05, 3.63) is 68.2 Å². The highest BCUT2D eigenvalue weighted by Crippen LogP contribution is 2.27. The fraction of sp³-hybridized carbons (Fsp3) is 0.133. The fourth-order valence-electron chi connectivity index (χ4n) is 1.93. The number of nitro groups is 1. The van der Waals surface area contributed by atoms with Crippen LogP contribution < -0.4 is 4.90 Å². The van der Waals surface area contributed by atoms with E-state index in [9.17, 15) is 14.9 Å². The average Bonchev–Trinajstić information content (AvgIpc) is 2.46. The van der Waals surface area contributed by atoms with E-state index in [0.29, 0.717) is 4.47 Å². The maximum atomic E-state index is 12.4. The van der Waals surface area contributed by atoms with Crippen molar-refractivity contribution in [2.45, 2.75) is 6.92 Å². The Labute approximate surface area is 130 Å². The van der Waals surface area contributed by atoms with Gasteiger partial charge in [-0.3, -0.25) is 14.9 Å². The number of carbonyl (C=O) groups is 1. The first kappa shape index (κ1) is 15.2. The van der Waals surface area contributed by atoms with Gasteiger partial charge in [0, 0.05) is 24.4 Å². The van der Waals surface area contributed by atoms with E-state index < -0.39 is 4.92 Å². The van der Waals surface area contributed by atoms with Gasteiger partial charge in [0.1, 0.15) is 0 Å². The molecule has 0 spiro atoms. The lowest BCUT2D eigenvalue weighted by Crippen LogP contribution is -2.26. The molecule has 0 unspecified atom stereocenters. The van der Waals surface area contributed by atoms with Gasteiger partial charge in [0.25, 0.3) is 11.6 Å². The molecule has 5 nitrogen and oxygen atoms in total. The maximum absolute atomic E-state index is 12.4. The van der Waals surface area contributed by atoms with Gasteiger partial charge in [-0.05, 0) is 52.7 Å². The molecule has 0 N–H and O–H groups in total. The second-order valence-electron chi connectivity index (χ2n) is 4.63. The molecule has 0 aliphatic carbocycles. The van der Waals surface area contributed by atoms with Gasteiger partial charge in [-0.25, -0.2) is 0 Å². The highest BCUT2D eigenvalue weighted by atomic mass is 79.9. The number of nitro benzene ring substituents is 1. The number of hydrogen-bond donors (Lipinski definition) is 0. The Hall–Kier alpha value is -2.21. The molecule has 0 heterocycles. The molecule has 2 rings (SSSR count). The zero-order valence-corrected chi connectivity index (χ0v) is 13.1. The normalized spacial score (nSPS) is 10.2. The van der Waals surface area contributed by atoms with E-state index in [2.05, 4.69) is 15.9 Å². The number of rotatable bonds is 3. The standard InChI is InChI=1S/C15H13BrN2O3/c1-10-4-3-5-12(8-10)17(2)15(19)11-6-7-13(16)14(9-11)18(20)21/h3-9H,1-2H3. The number of hydrogen-bond acceptors (Lipinski definition) is 3. The van der Waals surface area contributed by atoms with Gasteiger partial charge >= 0.3 is 0 Å². The van der Waals surface area contributed by atoms with Crippen molar-refractivity contribution in [3.8, 4) is 0 Å². The predicted octanol–water partition coefficient (Wildman–Crippen LogP) is 3.94. The molecule has 0 saturated heterocycles. The molecule has 0 aromatic heterocycles. The topological polar surface area (TPSA) is 63.5 Å². The molecule has 108 valence electrons. The molecule has 0 atom stereocenters. The molecule has 0 aliphatic rings. The van der Waals surface area contributed by atoms with Crippen LogP contribution in [0, 0.1) is 17.0 Å². The number of carbonyl (C=O) groups excluding carboxylic acids is 1. The zero-order chi connectivity index (χ0) is 15.6. The number of benzene rings is 2. The van der Waals surface area contributed by atoms with Crippen molar-refractivity contribution in [2.24, 2.45) is 0 Å². The Kier molecular flexibility index (Phi) is 4.37. The Morgan fingerprint density at radius 2 is 1.95 bits per heavy atom. The average molecular weight is 349 g/mol. The van der Waals surface area contributed by atoms with Crippen molar-refractivity contribution in [2.75, 3.05) is 11.9 Å². The quantitative estimate of drug-likeness (QED) is 0.623. The Balaban J connectivity index is 2.36. The monoisotopic (exact) mass is 348 g/mol. The maximum Gasteiger partial charge on any atom is 0.284 e. The fourth-order valence-corrected chi connectivity index (χ4v) is 2.32. The lowest BCUT2D eigenvalue weighted by atomic mass is 10.1. The summed E-state index contributed by atoms with van der Waals surface area (Å²) in [7, 11) is 1.64. The van der Waals surface area contributed by atoms with Gasteiger partial charge in [0.2, 0.25) is 0 Å². The van der Waals surface area contributed by atoms with Gasteiger partial charge in [0.15, 0.2) is 0 Å². The first-order chi connectivity index (χ1) is 9.90. The van der Waals surface area contributed by atoms with Crippen LogP contribution in [0.3, 0.4) is 0 Å². The van der Waals surface area contributed by atoms with E-state index in [-0.39, 0.29) is 17.2 Å². The molecule has 1 amide bonds. The van der Waals surface area contributed by atoms with E-state index in [1.165, 1.54) is 17.0 Å². The van der Waals surface area contributed by atoms with E-state index in [0.717, 1.165) is 11.3 Å². The van der Waals surface area contributed by atoms with E-state index >= 15 is 0 Å². The molecule has 6 heteroatoms. The summed E-state index contributed by atoms with van der Waals surface area (Å²) in [6.07, 6.45) is 0. The minimum atomic E-state index is -0.520. The van der Waals surface area contributed by atoms with Crippen molar-refractivity contribution in [3.63, 3.8) is 0 Å². The third kappa shape index (κ3) is 3.28. The molecule has 0 saturated carbocycles. The Morgan fingerprint density at radius 1 is 1.24 bits per heavy atom. The molecule has 0 fully saturated rings. The Morgan fingerprint density at radius 3 is 2.57 bits per heavy atom. The van der Waals surface area contributed by atoms with E-state index in [1.54, 1.807) is 13.1 Å². The summed E-state index contributed by atoms with van der Waals surface area (Å²) in [4.78, 5) is 24.3. The van der Waals surface area contributed by atoms with E-state index in [1.807, 2.05) is 31.2 Å². The molecule has 2 aromatic carbocycles. The minimum Gasteiger partial charge on any atom is -0.311 e. The van der Waals surface area contributed by atoms with Crippen molar-refractivity contribution >= 4 is 33.2 Å². The van der Waals surface area contributed by atoms with Gasteiger partial charge in [-0.15, -0.1) is 0 Å². The summed E-state index contributed by atoms with van der Waals surface area (Å²) in [5, 5.41) is 10.9. The first-order valence-electron chi connectivity index (χ1n) is 6.19. The highest BCUT2D eigenvalue weighted by molar-refractivity contribution is 9.10. The molecule has 0 bridgehead atoms. The number of anilines is 1. The van der Waals surface area contributed by atoms with Crippen LogP contribution in [0.1, 0.15) is 15.9 Å². The first-order valence-corrected chi connectivity index (χ1v) is 6.98. The smallest absolute Gasteiger partial charge is 0.284 e. The minimum absolute atomic E-state index is 0.126. The number of halogens is 1. The molecular formula is C15H13BrN2O3. The van der Waals surface area contributed by atoms with Crippen LogP contribution in [0.15, 0.2) is 46.9 Å². The van der Waals surface area contributed by atoms with Gasteiger partial charge < -0.3 is 4.90 Å². The van der Waals surface area contributed by atoms with Crippen LogP contribution in [0.25, 0.3) is 0 Å². The number of amides is 1. The largest absolute Gasteiger partial charge is 0.311 e. The van der Waals surface area contributed by atoms with Gasteiger partial charge in [0.05, 0.1) is 9.40 Å². The lowest BCUT2D eigenvalue weighted by molar-refractivity contribution is -0.385. The van der Waals surface area contributed by atoms with Crippen LogP contribution in [0.5, 0.6) is 0 Å². The highest BCUT2D eigenvalue weighted by Gasteiger charge is 2.19. The summed E-state index contributed by atoms with van der Waals surface area (Å²) >= 11 is 3.11. The van der Waals surface area contributed by atoms with Gasteiger partial charge in [-0.2, -0.15) is 0 Å². The van der Waals surface area contributed by atoms with Crippen LogP contribution in [-0.4, -0.2) is 17.9 Å². The SMILES string of the molecule is Cc1cccc(N(C)C(=O)c2ccc(Br)c([N+](=O)[O-])c2)c1. The molecular weight excluding hydrogens is 336 g/mol. The summed E-state index contributed by atoms with van der Waals surface area (Å²) in [5.74, 6) is -0.295. The zero-order valence-electron chi connectivity index (χ0n) is 11.5. The van der Waals surface area contributed by atoms with Crippen LogP contribution in [0.2, 0.25) is 0 Å². The third-order valence-electron chi connectivity index (χ3n) is 3.08. The molecule has 0 radical (unpaired) electrons. The summed E-state index contributed by atoms with van der Waals surface area (Å²) in [6, 6.07) is 11.8. The third-order valence-corrected chi connectivity index (χ3v) is 3.75. The Bertz CT molecular complexity index is 716.